The maximum atomic E-state index is 12.9. The Morgan fingerprint density at radius 2 is 2.00 bits per heavy atom. The molecule has 22 heavy (non-hydrogen) atoms. The first-order valence-electron chi connectivity index (χ1n) is 7.13. The lowest BCUT2D eigenvalue weighted by Crippen LogP contribution is -2.28. The van der Waals surface area contributed by atoms with Crippen molar-refractivity contribution in [2.24, 2.45) is 5.73 Å². The Bertz CT molecular complexity index is 700. The first-order valence-corrected chi connectivity index (χ1v) is 7.13. The smallest absolute Gasteiger partial charge is 0.227 e. The summed E-state index contributed by atoms with van der Waals surface area (Å²) >= 11 is 0. The van der Waals surface area contributed by atoms with Gasteiger partial charge in [0.25, 0.3) is 0 Å². The van der Waals surface area contributed by atoms with Gasteiger partial charge >= 0.3 is 0 Å². The number of amides is 1. The summed E-state index contributed by atoms with van der Waals surface area (Å²) in [6.45, 7) is 0.542. The lowest BCUT2D eigenvalue weighted by Gasteiger charge is -2.13. The minimum absolute atomic E-state index is 0.277. The van der Waals surface area contributed by atoms with E-state index in [0.29, 0.717) is 13.0 Å². The van der Waals surface area contributed by atoms with Gasteiger partial charge in [0, 0.05) is 12.2 Å². The van der Waals surface area contributed by atoms with Crippen LogP contribution in [0.1, 0.15) is 22.6 Å². The zero-order valence-corrected chi connectivity index (χ0v) is 11.9. The van der Waals surface area contributed by atoms with E-state index in [1.165, 1.54) is 12.1 Å². The van der Waals surface area contributed by atoms with Crippen LogP contribution in [0.3, 0.4) is 0 Å². The lowest BCUT2D eigenvalue weighted by molar-refractivity contribution is -0.121. The van der Waals surface area contributed by atoms with Crippen LogP contribution in [0.15, 0.2) is 42.5 Å². The van der Waals surface area contributed by atoms with E-state index in [4.69, 9.17) is 5.73 Å². The molecule has 0 unspecified atom stereocenters. The normalized spacial score (nSPS) is 19.7. The zero-order valence-electron chi connectivity index (χ0n) is 11.9. The zero-order chi connectivity index (χ0) is 15.7. The molecule has 2 aromatic rings. The predicted molar refractivity (Wildman–Crippen MR) is 81.8 cm³/mol. The number of fused-ring (bicyclic) bond motifs is 1. The van der Waals surface area contributed by atoms with Gasteiger partial charge in [0.15, 0.2) is 0 Å². The van der Waals surface area contributed by atoms with Crippen LogP contribution in [0.5, 0.6) is 0 Å². The fourth-order valence-electron chi connectivity index (χ4n) is 2.89. The minimum atomic E-state index is -0.743. The van der Waals surface area contributed by atoms with Gasteiger partial charge < -0.3 is 16.2 Å². The molecular formula is C17H17FN2O2. The molecule has 5 heteroatoms. The quantitative estimate of drug-likeness (QED) is 0.807. The molecule has 0 spiro atoms. The molecule has 0 aromatic heterocycles. The highest BCUT2D eigenvalue weighted by molar-refractivity contribution is 5.84. The molecule has 1 aliphatic carbocycles. The number of benzene rings is 2. The van der Waals surface area contributed by atoms with E-state index in [-0.39, 0.29) is 5.82 Å². The first-order chi connectivity index (χ1) is 10.5. The fraction of sp³-hybridized carbons (Fsp3) is 0.235. The van der Waals surface area contributed by atoms with Crippen molar-refractivity contribution >= 4 is 11.6 Å². The molecule has 2 aromatic carbocycles. The van der Waals surface area contributed by atoms with E-state index in [1.807, 2.05) is 18.2 Å². The molecule has 1 amide bonds. The molecule has 0 radical (unpaired) electrons. The molecule has 1 aliphatic rings. The van der Waals surface area contributed by atoms with Gasteiger partial charge in [0.05, 0.1) is 12.0 Å². The molecular weight excluding hydrogens is 283 g/mol. The summed E-state index contributed by atoms with van der Waals surface area (Å²) in [7, 11) is 0. The lowest BCUT2D eigenvalue weighted by atomic mass is 9.97. The third-order valence-electron chi connectivity index (χ3n) is 4.01. The summed E-state index contributed by atoms with van der Waals surface area (Å²) < 4.78 is 12.9. The number of carbonyl (C=O) groups excluding carboxylic acids is 1. The highest BCUT2D eigenvalue weighted by atomic mass is 19.1. The Morgan fingerprint density at radius 1 is 1.27 bits per heavy atom. The topological polar surface area (TPSA) is 75.4 Å². The predicted octanol–water partition coefficient (Wildman–Crippen LogP) is 1.92. The molecule has 2 atom stereocenters. The van der Waals surface area contributed by atoms with Gasteiger partial charge in [0.1, 0.15) is 5.82 Å². The molecule has 0 saturated carbocycles. The van der Waals surface area contributed by atoms with Crippen molar-refractivity contribution in [1.82, 2.24) is 0 Å². The number of nitrogens with two attached hydrogens (primary N) is 1. The average Bonchev–Trinajstić information content (AvgIpc) is 2.82. The van der Waals surface area contributed by atoms with Crippen molar-refractivity contribution in [3.8, 4) is 0 Å². The number of anilines is 1. The molecule has 4 nitrogen and oxygen atoms in total. The molecule has 0 aliphatic heterocycles. The molecule has 4 N–H and O–H groups in total. The number of rotatable bonds is 4. The number of aliphatic hydroxyl groups excluding tert-OH is 1. The average molecular weight is 300 g/mol. The Balaban J connectivity index is 1.76. The molecule has 3 rings (SSSR count). The maximum Gasteiger partial charge on any atom is 0.227 e. The van der Waals surface area contributed by atoms with Gasteiger partial charge in [-0.3, -0.25) is 4.79 Å². The number of aliphatic hydroxyl groups is 1. The van der Waals surface area contributed by atoms with Crippen LogP contribution < -0.4 is 11.1 Å². The number of halogens is 1. The number of primary amides is 1. The Morgan fingerprint density at radius 3 is 2.68 bits per heavy atom. The van der Waals surface area contributed by atoms with E-state index >= 15 is 0 Å². The number of carbonyl (C=O) groups is 1. The van der Waals surface area contributed by atoms with Gasteiger partial charge in [-0.2, -0.15) is 0 Å². The van der Waals surface area contributed by atoms with Crippen molar-refractivity contribution < 1.29 is 14.3 Å². The van der Waals surface area contributed by atoms with Gasteiger partial charge in [-0.05, 0) is 47.4 Å². The van der Waals surface area contributed by atoms with Crippen molar-refractivity contribution in [2.45, 2.75) is 25.0 Å². The van der Waals surface area contributed by atoms with Crippen LogP contribution in [-0.2, 0) is 17.8 Å². The molecule has 0 fully saturated rings. The van der Waals surface area contributed by atoms with Crippen LogP contribution >= 0.6 is 0 Å². The third kappa shape index (κ3) is 2.80. The van der Waals surface area contributed by atoms with Crippen LogP contribution in [0.2, 0.25) is 0 Å². The summed E-state index contributed by atoms with van der Waals surface area (Å²) in [4.78, 5) is 11.5. The second kappa shape index (κ2) is 5.77. The molecule has 0 heterocycles. The minimum Gasteiger partial charge on any atom is -0.392 e. The summed E-state index contributed by atoms with van der Waals surface area (Å²) in [5, 5.41) is 13.1. The summed E-state index contributed by atoms with van der Waals surface area (Å²) in [5.74, 6) is -1.42. The molecule has 0 saturated heterocycles. The first kappa shape index (κ1) is 14.5. The number of nitrogens with one attached hydrogen (secondary N) is 1. The van der Waals surface area contributed by atoms with E-state index in [1.54, 1.807) is 12.1 Å². The monoisotopic (exact) mass is 300 g/mol. The van der Waals surface area contributed by atoms with Gasteiger partial charge in [-0.25, -0.2) is 4.39 Å². The van der Waals surface area contributed by atoms with E-state index in [0.717, 1.165) is 22.4 Å². The van der Waals surface area contributed by atoms with Gasteiger partial charge in [0.2, 0.25) is 5.91 Å². The van der Waals surface area contributed by atoms with Gasteiger partial charge in [-0.1, -0.05) is 18.2 Å². The maximum absolute atomic E-state index is 12.9. The Kier molecular flexibility index (Phi) is 3.81. The van der Waals surface area contributed by atoms with Crippen molar-refractivity contribution in [1.29, 1.82) is 0 Å². The highest BCUT2D eigenvalue weighted by Gasteiger charge is 2.35. The number of hydrogen-bond acceptors (Lipinski definition) is 3. The Labute approximate surface area is 127 Å². The number of hydrogen-bond donors (Lipinski definition) is 3. The highest BCUT2D eigenvalue weighted by Crippen LogP contribution is 2.34. The van der Waals surface area contributed by atoms with Crippen molar-refractivity contribution in [3.05, 3.63) is 65.0 Å². The van der Waals surface area contributed by atoms with Crippen LogP contribution in [0.4, 0.5) is 10.1 Å². The molecule has 114 valence electrons. The van der Waals surface area contributed by atoms with E-state index in [9.17, 15) is 14.3 Å². The standard InChI is InChI=1S/C17H17FN2O2/c18-12-3-5-13(6-4-12)20-9-10-1-2-11-8-15(21)16(17(19)22)14(11)7-10/h1-7,15-16,20-21H,8-9H2,(H2,19,22)/t15-,16-/m1/s1. The van der Waals surface area contributed by atoms with Crippen LogP contribution in [-0.4, -0.2) is 17.1 Å². The van der Waals surface area contributed by atoms with Crippen molar-refractivity contribution in [2.75, 3.05) is 5.32 Å². The third-order valence-corrected chi connectivity index (χ3v) is 4.01. The summed E-state index contributed by atoms with van der Waals surface area (Å²) in [6, 6.07) is 11.9. The molecule has 0 bridgehead atoms. The summed E-state index contributed by atoms with van der Waals surface area (Å²) in [5.41, 5.74) is 8.93. The second-order valence-corrected chi connectivity index (χ2v) is 5.55. The Hall–Kier alpha value is -2.40. The summed E-state index contributed by atoms with van der Waals surface area (Å²) in [6.07, 6.45) is -0.290. The van der Waals surface area contributed by atoms with Crippen molar-refractivity contribution in [3.63, 3.8) is 0 Å². The SMILES string of the molecule is NC(=O)[C@@H]1c2cc(CNc3ccc(F)cc3)ccc2C[C@H]1O. The van der Waals surface area contributed by atoms with E-state index in [2.05, 4.69) is 5.32 Å². The fourth-order valence-corrected chi connectivity index (χ4v) is 2.89. The van der Waals surface area contributed by atoms with Crippen LogP contribution in [0.25, 0.3) is 0 Å². The largest absolute Gasteiger partial charge is 0.392 e. The van der Waals surface area contributed by atoms with Gasteiger partial charge in [-0.15, -0.1) is 0 Å². The second-order valence-electron chi connectivity index (χ2n) is 5.55. The van der Waals surface area contributed by atoms with Crippen LogP contribution in [0, 0.1) is 5.82 Å². The van der Waals surface area contributed by atoms with E-state index < -0.39 is 17.9 Å².